The van der Waals surface area contributed by atoms with Crippen molar-refractivity contribution in [3.8, 4) is 11.3 Å². The molecule has 0 aliphatic heterocycles. The highest BCUT2D eigenvalue weighted by Crippen LogP contribution is 2.20. The molecule has 2 aromatic heterocycles. The fourth-order valence-electron chi connectivity index (χ4n) is 2.05. The van der Waals surface area contributed by atoms with Crippen molar-refractivity contribution in [2.45, 2.75) is 11.4 Å². The lowest BCUT2D eigenvalue weighted by molar-refractivity contribution is 0.518. The van der Waals surface area contributed by atoms with Crippen LogP contribution in [0.3, 0.4) is 0 Å². The Morgan fingerprint density at radius 1 is 1.13 bits per heavy atom. The van der Waals surface area contributed by atoms with Gasteiger partial charge in [0.05, 0.1) is 35.8 Å². The second-order valence-corrected chi connectivity index (χ2v) is 7.03. The van der Waals surface area contributed by atoms with E-state index in [1.165, 1.54) is 6.26 Å². The van der Waals surface area contributed by atoms with Crippen molar-refractivity contribution in [1.82, 2.24) is 9.97 Å². The van der Waals surface area contributed by atoms with Crippen LogP contribution in [-0.4, -0.2) is 24.6 Å². The largest absolute Gasteiger partial charge is 0.467 e. The molecular formula is C16H15N3O3S. The fourth-order valence-corrected chi connectivity index (χ4v) is 2.68. The molecule has 7 heteroatoms. The normalized spacial score (nSPS) is 11.3. The summed E-state index contributed by atoms with van der Waals surface area (Å²) in [4.78, 5) is 8.91. The Hall–Kier alpha value is -2.67. The molecule has 23 heavy (non-hydrogen) atoms. The van der Waals surface area contributed by atoms with Crippen molar-refractivity contribution in [3.05, 3.63) is 60.8 Å². The van der Waals surface area contributed by atoms with E-state index in [0.717, 1.165) is 11.3 Å². The van der Waals surface area contributed by atoms with Gasteiger partial charge in [0.15, 0.2) is 9.84 Å². The van der Waals surface area contributed by atoms with E-state index < -0.39 is 9.84 Å². The van der Waals surface area contributed by atoms with Gasteiger partial charge in [0.2, 0.25) is 0 Å². The summed E-state index contributed by atoms with van der Waals surface area (Å²) in [6.45, 7) is 0.512. The third-order valence-corrected chi connectivity index (χ3v) is 4.37. The highest BCUT2D eigenvalue weighted by atomic mass is 32.2. The Balaban J connectivity index is 1.79. The summed E-state index contributed by atoms with van der Waals surface area (Å²) >= 11 is 0. The molecule has 0 unspecified atom stereocenters. The van der Waals surface area contributed by atoms with Crippen molar-refractivity contribution in [3.63, 3.8) is 0 Å². The summed E-state index contributed by atoms with van der Waals surface area (Å²) in [6.07, 6.45) is 6.05. The molecule has 2 heterocycles. The van der Waals surface area contributed by atoms with Gasteiger partial charge in [0.1, 0.15) is 11.6 Å². The van der Waals surface area contributed by atoms with Gasteiger partial charge in [-0.2, -0.15) is 0 Å². The summed E-state index contributed by atoms with van der Waals surface area (Å²) < 4.78 is 28.2. The van der Waals surface area contributed by atoms with Crippen LogP contribution in [0, 0.1) is 0 Å². The number of hydrogen-bond acceptors (Lipinski definition) is 6. The number of hydrogen-bond donors (Lipinski definition) is 1. The first-order valence-corrected chi connectivity index (χ1v) is 8.80. The summed E-state index contributed by atoms with van der Waals surface area (Å²) in [5, 5.41) is 3.13. The zero-order chi connectivity index (χ0) is 16.3. The van der Waals surface area contributed by atoms with Gasteiger partial charge in [-0.3, -0.25) is 4.98 Å². The van der Waals surface area contributed by atoms with Crippen molar-refractivity contribution >= 4 is 15.7 Å². The maximum Gasteiger partial charge on any atom is 0.175 e. The van der Waals surface area contributed by atoms with Gasteiger partial charge in [-0.1, -0.05) is 12.1 Å². The minimum absolute atomic E-state index is 0.279. The lowest BCUT2D eigenvalue weighted by Crippen LogP contribution is -2.02. The van der Waals surface area contributed by atoms with E-state index in [9.17, 15) is 8.42 Å². The topological polar surface area (TPSA) is 85.1 Å². The van der Waals surface area contributed by atoms with Gasteiger partial charge in [-0.15, -0.1) is 0 Å². The SMILES string of the molecule is CS(=O)(=O)c1ccc(-c2cncc(NCc3ccco3)n2)cc1. The Morgan fingerprint density at radius 3 is 2.57 bits per heavy atom. The summed E-state index contributed by atoms with van der Waals surface area (Å²) in [5.74, 6) is 1.42. The van der Waals surface area contributed by atoms with Crippen LogP contribution in [0.25, 0.3) is 11.3 Å². The number of nitrogens with one attached hydrogen (secondary N) is 1. The number of furan rings is 1. The molecular weight excluding hydrogens is 314 g/mol. The number of nitrogens with zero attached hydrogens (tertiary/aromatic N) is 2. The van der Waals surface area contributed by atoms with Crippen molar-refractivity contribution < 1.29 is 12.8 Å². The maximum atomic E-state index is 11.5. The Morgan fingerprint density at radius 2 is 1.91 bits per heavy atom. The van der Waals surface area contributed by atoms with Crippen LogP contribution in [0.5, 0.6) is 0 Å². The number of aromatic nitrogens is 2. The average molecular weight is 329 g/mol. The van der Waals surface area contributed by atoms with Gasteiger partial charge in [0, 0.05) is 11.8 Å². The first-order valence-electron chi connectivity index (χ1n) is 6.91. The van der Waals surface area contributed by atoms with E-state index >= 15 is 0 Å². The molecule has 0 bridgehead atoms. The summed E-state index contributed by atoms with van der Waals surface area (Å²) in [5.41, 5.74) is 1.46. The Bertz CT molecular complexity index is 889. The second kappa shape index (κ2) is 6.21. The second-order valence-electron chi connectivity index (χ2n) is 5.02. The predicted molar refractivity (Wildman–Crippen MR) is 86.6 cm³/mol. The first kappa shape index (κ1) is 15.2. The van der Waals surface area contributed by atoms with E-state index in [2.05, 4.69) is 15.3 Å². The van der Waals surface area contributed by atoms with Crippen molar-refractivity contribution in [1.29, 1.82) is 0 Å². The Labute approximate surface area is 134 Å². The van der Waals surface area contributed by atoms with E-state index in [-0.39, 0.29) is 4.90 Å². The predicted octanol–water partition coefficient (Wildman–Crippen LogP) is 2.75. The average Bonchev–Trinajstić information content (AvgIpc) is 3.06. The lowest BCUT2D eigenvalue weighted by Gasteiger charge is -2.06. The molecule has 0 fully saturated rings. The number of anilines is 1. The molecule has 3 rings (SSSR count). The molecule has 0 aliphatic carbocycles. The van der Waals surface area contributed by atoms with E-state index in [4.69, 9.17) is 4.42 Å². The molecule has 0 saturated carbocycles. The molecule has 0 saturated heterocycles. The van der Waals surface area contributed by atoms with Crippen molar-refractivity contribution in [2.24, 2.45) is 0 Å². The van der Waals surface area contributed by atoms with Crippen LogP contribution in [-0.2, 0) is 16.4 Å². The zero-order valence-corrected chi connectivity index (χ0v) is 13.2. The number of sulfone groups is 1. The molecule has 1 aromatic carbocycles. The number of benzene rings is 1. The van der Waals surface area contributed by atoms with E-state index in [1.807, 2.05) is 12.1 Å². The monoisotopic (exact) mass is 329 g/mol. The molecule has 6 nitrogen and oxygen atoms in total. The molecule has 3 aromatic rings. The van der Waals surface area contributed by atoms with Gasteiger partial charge in [0.25, 0.3) is 0 Å². The van der Waals surface area contributed by atoms with Gasteiger partial charge < -0.3 is 9.73 Å². The minimum Gasteiger partial charge on any atom is -0.467 e. The molecule has 0 amide bonds. The fraction of sp³-hybridized carbons (Fsp3) is 0.125. The van der Waals surface area contributed by atoms with Gasteiger partial charge in [-0.05, 0) is 24.3 Å². The molecule has 0 aliphatic rings. The number of rotatable bonds is 5. The lowest BCUT2D eigenvalue weighted by atomic mass is 10.2. The van der Waals surface area contributed by atoms with Gasteiger partial charge >= 0.3 is 0 Å². The smallest absolute Gasteiger partial charge is 0.175 e. The minimum atomic E-state index is -3.20. The Kier molecular flexibility index (Phi) is 4.12. The third-order valence-electron chi connectivity index (χ3n) is 3.24. The van der Waals surface area contributed by atoms with E-state index in [1.54, 1.807) is 42.9 Å². The zero-order valence-electron chi connectivity index (χ0n) is 12.4. The molecule has 0 radical (unpaired) electrons. The molecule has 0 atom stereocenters. The standard InChI is InChI=1S/C16H15N3O3S/c1-23(20,21)14-6-4-12(5-7-14)15-10-17-11-16(19-15)18-9-13-3-2-8-22-13/h2-8,10-11H,9H2,1H3,(H,18,19). The van der Waals surface area contributed by atoms with E-state index in [0.29, 0.717) is 18.1 Å². The quantitative estimate of drug-likeness (QED) is 0.775. The summed E-state index contributed by atoms with van der Waals surface area (Å²) in [6, 6.07) is 10.3. The van der Waals surface area contributed by atoms with Crippen LogP contribution in [0.4, 0.5) is 5.82 Å². The van der Waals surface area contributed by atoms with Crippen LogP contribution in [0.2, 0.25) is 0 Å². The van der Waals surface area contributed by atoms with Gasteiger partial charge in [-0.25, -0.2) is 13.4 Å². The highest BCUT2D eigenvalue weighted by Gasteiger charge is 2.08. The maximum absolute atomic E-state index is 11.5. The molecule has 1 N–H and O–H groups in total. The van der Waals surface area contributed by atoms with Crippen LogP contribution in [0.15, 0.2) is 64.4 Å². The third kappa shape index (κ3) is 3.75. The van der Waals surface area contributed by atoms with Crippen LogP contribution < -0.4 is 5.32 Å². The molecule has 118 valence electrons. The molecule has 0 spiro atoms. The van der Waals surface area contributed by atoms with Crippen LogP contribution in [0.1, 0.15) is 5.76 Å². The highest BCUT2D eigenvalue weighted by molar-refractivity contribution is 7.90. The summed E-state index contributed by atoms with van der Waals surface area (Å²) in [7, 11) is -3.20. The van der Waals surface area contributed by atoms with Crippen LogP contribution >= 0.6 is 0 Å². The first-order chi connectivity index (χ1) is 11.0. The van der Waals surface area contributed by atoms with Crippen molar-refractivity contribution in [2.75, 3.05) is 11.6 Å².